The first kappa shape index (κ1) is 19.8. The summed E-state index contributed by atoms with van der Waals surface area (Å²) in [6, 6.07) is 6.84. The molecule has 0 fully saturated rings. The average molecular weight is 408 g/mol. The van der Waals surface area contributed by atoms with Gasteiger partial charge in [-0.15, -0.1) is 0 Å². The quantitative estimate of drug-likeness (QED) is 0.509. The van der Waals surface area contributed by atoms with Crippen LogP contribution in [0.5, 0.6) is 5.75 Å². The molecule has 2 amide bonds. The topological polar surface area (TPSA) is 129 Å². The lowest BCUT2D eigenvalue weighted by molar-refractivity contribution is -0.136. The minimum atomic E-state index is -3.33. The summed E-state index contributed by atoms with van der Waals surface area (Å²) < 4.78 is 35.3. The number of carbonyl (C=O) groups excluding carboxylic acids is 2. The van der Waals surface area contributed by atoms with Gasteiger partial charge in [0.15, 0.2) is 9.84 Å². The Morgan fingerprint density at radius 2 is 1.86 bits per heavy atom. The maximum Gasteiger partial charge on any atom is 0.314 e. The number of amides is 2. The molecule has 1 aliphatic heterocycles. The Morgan fingerprint density at radius 1 is 1.14 bits per heavy atom. The number of ether oxygens (including phenoxy) is 2. The molecule has 0 spiro atoms. The molecule has 0 saturated carbocycles. The van der Waals surface area contributed by atoms with Crippen molar-refractivity contribution in [1.82, 2.24) is 15.1 Å². The number of hydrogen-bond donors (Lipinski definition) is 2. The highest BCUT2D eigenvalue weighted by Crippen LogP contribution is 2.33. The molecule has 0 radical (unpaired) electrons. The molecule has 28 heavy (non-hydrogen) atoms. The first-order chi connectivity index (χ1) is 13.3. The van der Waals surface area contributed by atoms with Crippen molar-refractivity contribution < 1.29 is 27.5 Å². The van der Waals surface area contributed by atoms with Crippen LogP contribution in [-0.4, -0.2) is 57.4 Å². The second-order valence-electron chi connectivity index (χ2n) is 6.12. The van der Waals surface area contributed by atoms with E-state index in [4.69, 9.17) is 9.47 Å². The monoisotopic (exact) mass is 408 g/mol. The number of aromatic nitrogens is 2. The molecule has 0 bridgehead atoms. The van der Waals surface area contributed by atoms with Crippen molar-refractivity contribution in [2.24, 2.45) is 0 Å². The number of nitrogens with zero attached hydrogens (tertiary/aromatic N) is 2. The molecule has 150 valence electrons. The van der Waals surface area contributed by atoms with E-state index in [2.05, 4.69) is 15.7 Å². The second-order valence-corrected chi connectivity index (χ2v) is 8.18. The molecule has 11 heteroatoms. The van der Waals surface area contributed by atoms with E-state index in [1.54, 1.807) is 24.3 Å². The highest BCUT2D eigenvalue weighted by Gasteiger charge is 2.33. The van der Waals surface area contributed by atoms with E-state index < -0.39 is 21.7 Å². The Bertz CT molecular complexity index is 997. The lowest BCUT2D eigenvalue weighted by Gasteiger charge is -2.11. The zero-order valence-electron chi connectivity index (χ0n) is 15.4. The minimum Gasteiger partial charge on any atom is -0.497 e. The molecule has 0 atom stereocenters. The largest absolute Gasteiger partial charge is 0.497 e. The van der Waals surface area contributed by atoms with Gasteiger partial charge in [0.2, 0.25) is 0 Å². The molecule has 0 unspecified atom stereocenters. The molecule has 1 aromatic carbocycles. The van der Waals surface area contributed by atoms with E-state index in [9.17, 15) is 18.0 Å². The van der Waals surface area contributed by atoms with Gasteiger partial charge in [-0.3, -0.25) is 9.59 Å². The molecule has 0 aliphatic carbocycles. The summed E-state index contributed by atoms with van der Waals surface area (Å²) >= 11 is 0. The van der Waals surface area contributed by atoms with Crippen LogP contribution in [0.2, 0.25) is 0 Å². The third kappa shape index (κ3) is 4.15. The molecular formula is C17H20N4O6S. The van der Waals surface area contributed by atoms with Gasteiger partial charge in [0.05, 0.1) is 36.6 Å². The highest BCUT2D eigenvalue weighted by molar-refractivity contribution is 7.90. The number of rotatable bonds is 6. The third-order valence-corrected chi connectivity index (χ3v) is 5.58. The van der Waals surface area contributed by atoms with Gasteiger partial charge in [-0.2, -0.15) is 5.10 Å². The SMILES string of the molecule is COCCNC(=O)C(=O)Nc1c2c(nn1-c1ccc(OC)cc1)CS(=O)(=O)C2. The molecular weight excluding hydrogens is 388 g/mol. The highest BCUT2D eigenvalue weighted by atomic mass is 32.2. The molecule has 10 nitrogen and oxygen atoms in total. The first-order valence-electron chi connectivity index (χ1n) is 8.38. The standard InChI is InChI=1S/C17H20N4O6S/c1-26-8-7-18-16(22)17(23)19-15-13-9-28(24,25)10-14(13)20-21(15)11-3-5-12(27-2)6-4-11/h3-6H,7-10H2,1-2H3,(H,18,22)(H,19,23). The van der Waals surface area contributed by atoms with E-state index in [1.807, 2.05) is 0 Å². The minimum absolute atomic E-state index is 0.160. The van der Waals surface area contributed by atoms with Crippen molar-refractivity contribution in [3.05, 3.63) is 35.5 Å². The number of benzene rings is 1. The summed E-state index contributed by atoms with van der Waals surface area (Å²) in [5.41, 5.74) is 1.32. The van der Waals surface area contributed by atoms with Gasteiger partial charge >= 0.3 is 11.8 Å². The first-order valence-corrected chi connectivity index (χ1v) is 10.2. The van der Waals surface area contributed by atoms with E-state index in [-0.39, 0.29) is 30.5 Å². The van der Waals surface area contributed by atoms with E-state index >= 15 is 0 Å². The predicted octanol–water partition coefficient (Wildman–Crippen LogP) is 0.0104. The van der Waals surface area contributed by atoms with Gasteiger partial charge in [0.25, 0.3) is 0 Å². The fourth-order valence-electron chi connectivity index (χ4n) is 2.79. The Labute approximate surface area is 161 Å². The van der Waals surface area contributed by atoms with Gasteiger partial charge in [-0.05, 0) is 24.3 Å². The van der Waals surface area contributed by atoms with Crippen LogP contribution in [0.15, 0.2) is 24.3 Å². The summed E-state index contributed by atoms with van der Waals surface area (Å²) in [5, 5.41) is 9.24. The van der Waals surface area contributed by atoms with Crippen molar-refractivity contribution in [2.45, 2.75) is 11.5 Å². The van der Waals surface area contributed by atoms with Crippen LogP contribution in [0.25, 0.3) is 5.69 Å². The van der Waals surface area contributed by atoms with Crippen molar-refractivity contribution in [1.29, 1.82) is 0 Å². The number of carbonyl (C=O) groups is 2. The number of hydrogen-bond acceptors (Lipinski definition) is 7. The van der Waals surface area contributed by atoms with Crippen LogP contribution in [0, 0.1) is 0 Å². The van der Waals surface area contributed by atoms with Crippen LogP contribution in [0.3, 0.4) is 0 Å². The Kier molecular flexibility index (Phi) is 5.66. The Hall–Kier alpha value is -2.92. The number of fused-ring (bicyclic) bond motifs is 1. The van der Waals surface area contributed by atoms with Crippen molar-refractivity contribution in [3.63, 3.8) is 0 Å². The third-order valence-electron chi connectivity index (χ3n) is 4.13. The maximum atomic E-state index is 12.3. The lowest BCUT2D eigenvalue weighted by atomic mass is 10.2. The summed E-state index contributed by atoms with van der Waals surface area (Å²) in [7, 11) is -0.319. The normalized spacial score (nSPS) is 14.4. The summed E-state index contributed by atoms with van der Waals surface area (Å²) in [6.45, 7) is 0.434. The van der Waals surface area contributed by atoms with E-state index in [0.29, 0.717) is 22.7 Å². The fraction of sp³-hybridized carbons (Fsp3) is 0.353. The summed E-state index contributed by atoms with van der Waals surface area (Å²) in [6.07, 6.45) is 0. The van der Waals surface area contributed by atoms with E-state index in [1.165, 1.54) is 18.9 Å². The fourth-order valence-corrected chi connectivity index (χ4v) is 4.29. The van der Waals surface area contributed by atoms with Crippen molar-refractivity contribution in [2.75, 3.05) is 32.7 Å². The van der Waals surface area contributed by atoms with Crippen molar-refractivity contribution in [3.8, 4) is 11.4 Å². The van der Waals surface area contributed by atoms with Gasteiger partial charge in [-0.25, -0.2) is 13.1 Å². The van der Waals surface area contributed by atoms with Crippen molar-refractivity contribution >= 4 is 27.5 Å². The summed E-state index contributed by atoms with van der Waals surface area (Å²) in [4.78, 5) is 24.2. The number of anilines is 1. The molecule has 2 aromatic rings. The zero-order chi connectivity index (χ0) is 20.3. The predicted molar refractivity (Wildman–Crippen MR) is 100.0 cm³/mol. The van der Waals surface area contributed by atoms with Crippen LogP contribution in [0.4, 0.5) is 5.82 Å². The molecule has 3 rings (SSSR count). The number of sulfone groups is 1. The molecule has 1 aliphatic rings. The number of methoxy groups -OCH3 is 2. The number of nitrogens with one attached hydrogen (secondary N) is 2. The van der Waals surface area contributed by atoms with Gasteiger partial charge in [-0.1, -0.05) is 0 Å². The Morgan fingerprint density at radius 3 is 2.50 bits per heavy atom. The van der Waals surface area contributed by atoms with Gasteiger partial charge < -0.3 is 20.1 Å². The zero-order valence-corrected chi connectivity index (χ0v) is 16.2. The smallest absolute Gasteiger partial charge is 0.314 e. The van der Waals surface area contributed by atoms with Gasteiger partial charge in [0.1, 0.15) is 11.6 Å². The second kappa shape index (κ2) is 7.98. The van der Waals surface area contributed by atoms with Crippen LogP contribution in [-0.2, 0) is 35.7 Å². The lowest BCUT2D eigenvalue weighted by Crippen LogP contribution is -2.37. The summed E-state index contributed by atoms with van der Waals surface area (Å²) in [5.74, 6) is -1.44. The van der Waals surface area contributed by atoms with Crippen LogP contribution in [0.1, 0.15) is 11.3 Å². The van der Waals surface area contributed by atoms with Crippen LogP contribution >= 0.6 is 0 Å². The molecule has 2 heterocycles. The van der Waals surface area contributed by atoms with E-state index in [0.717, 1.165) is 0 Å². The molecule has 0 saturated heterocycles. The van der Waals surface area contributed by atoms with Crippen LogP contribution < -0.4 is 15.4 Å². The molecule has 2 N–H and O–H groups in total. The Balaban J connectivity index is 1.91. The average Bonchev–Trinajstić information content (AvgIpc) is 3.14. The van der Waals surface area contributed by atoms with Gasteiger partial charge in [0, 0.05) is 19.2 Å². The maximum absolute atomic E-state index is 12.3. The molecule has 1 aromatic heterocycles.